The lowest BCUT2D eigenvalue weighted by molar-refractivity contribution is -0.870. The number of rotatable bonds is 53. The van der Waals surface area contributed by atoms with Crippen molar-refractivity contribution in [2.75, 3.05) is 47.5 Å². The summed E-state index contributed by atoms with van der Waals surface area (Å²) in [6, 6.07) is 0. The van der Waals surface area contributed by atoms with Gasteiger partial charge in [0.25, 0.3) is 7.82 Å². The van der Waals surface area contributed by atoms with Gasteiger partial charge in [0, 0.05) is 12.8 Å². The first-order valence-corrected chi connectivity index (χ1v) is 31.7. The monoisotopic (exact) mass is 1100 g/mol. The number of likely N-dealkylation sites (N-methyl/N-ethyl adjacent to an activating group) is 1. The lowest BCUT2D eigenvalue weighted by atomic mass is 10.0. The molecule has 2 atom stereocenters. The number of unbranched alkanes of at least 4 members (excludes halogenated alkanes) is 13. The van der Waals surface area contributed by atoms with Crippen molar-refractivity contribution in [1.82, 2.24) is 0 Å². The molecule has 0 fully saturated rings. The number of phosphoric ester groups is 1. The van der Waals surface area contributed by atoms with Gasteiger partial charge in [-0.15, -0.1) is 0 Å². The Bertz CT molecular complexity index is 1870. The molecule has 0 aliphatic carbocycles. The summed E-state index contributed by atoms with van der Waals surface area (Å²) in [7, 11) is 1.11. The molecule has 0 amide bonds. The number of allylic oxidation sites excluding steroid dienone is 26. The van der Waals surface area contributed by atoms with Gasteiger partial charge in [-0.05, 0) is 122 Å². The zero-order valence-corrected chi connectivity index (χ0v) is 50.7. The molecular formula is C68H110NO8P. The Kier molecular flexibility index (Phi) is 54.1. The van der Waals surface area contributed by atoms with Crippen LogP contribution in [0.2, 0.25) is 0 Å². The summed E-state index contributed by atoms with van der Waals surface area (Å²) in [4.78, 5) is 37.9. The molecule has 0 aliphatic heterocycles. The number of phosphoric acid groups is 1. The number of hydrogen-bond acceptors (Lipinski definition) is 8. The van der Waals surface area contributed by atoms with Gasteiger partial charge in [-0.2, -0.15) is 0 Å². The van der Waals surface area contributed by atoms with Crippen LogP contribution in [-0.2, 0) is 32.7 Å². The number of quaternary nitrogens is 1. The summed E-state index contributed by atoms with van der Waals surface area (Å²) in [5.74, 6) is -0.901. The number of carbonyl (C=O) groups is 2. The SMILES string of the molecule is CC/C=C\C/C=C\C/C=C\C/C=C\C/C=C\C/C=C\C/C=C\C/C=C\CCCCC(=O)OC(COC(=O)CCCCCCCCCCCCC/C=C\C/C=C\C/C=C\C/C=C\C/C=C\CC)COP(=O)([O-])OCC[N+](C)(C)C. The molecule has 0 spiro atoms. The molecule has 0 rings (SSSR count). The van der Waals surface area contributed by atoms with Crippen molar-refractivity contribution in [2.45, 2.75) is 213 Å². The topological polar surface area (TPSA) is 111 Å². The molecule has 0 heterocycles. The molecule has 0 aliphatic rings. The van der Waals surface area contributed by atoms with E-state index in [1.165, 1.54) is 44.9 Å². The zero-order chi connectivity index (χ0) is 57.0. The van der Waals surface area contributed by atoms with Crippen LogP contribution in [0.25, 0.3) is 0 Å². The summed E-state index contributed by atoms with van der Waals surface area (Å²) in [5.41, 5.74) is 0. The third-order valence-corrected chi connectivity index (χ3v) is 13.0. The maximum Gasteiger partial charge on any atom is 0.306 e. The standard InChI is InChI=1S/C68H110NO8P/c1-6-8-10-12-14-16-18-20-22-24-26-28-30-32-34-36-38-40-42-44-46-48-50-52-54-56-58-60-67(70)74-64-66(65-76-78(72,73)75-63-62-69(3,4)5)77-68(71)61-59-57-55-53-51-49-47-45-43-41-39-37-35-33-31-29-27-25-23-21-19-17-15-13-11-9-7-2/h8-11,14-17,20-23,26-29,32-35,39,41,45,47,51,53,66H,6-7,12-13,18-19,24-25,30-31,36-38,40,42-44,46,48-50,52,54-65H2,1-5H3/b10-8-,11-9-,16-14-,17-15-,22-20-,23-21-,28-26-,29-27-,34-32-,35-33-,41-39-,47-45-,53-51-. The summed E-state index contributed by atoms with van der Waals surface area (Å²) in [6.45, 7) is 3.93. The Morgan fingerprint density at radius 2 is 0.692 bits per heavy atom. The van der Waals surface area contributed by atoms with Crippen LogP contribution in [0.5, 0.6) is 0 Å². The van der Waals surface area contributed by atoms with Gasteiger partial charge >= 0.3 is 11.9 Å². The maximum atomic E-state index is 12.8. The van der Waals surface area contributed by atoms with E-state index in [-0.39, 0.29) is 26.1 Å². The van der Waals surface area contributed by atoms with E-state index in [2.05, 4.69) is 172 Å². The lowest BCUT2D eigenvalue weighted by Crippen LogP contribution is -2.37. The summed E-state index contributed by atoms with van der Waals surface area (Å²) in [6.07, 6.45) is 85.8. The summed E-state index contributed by atoms with van der Waals surface area (Å²) < 4.78 is 34.1. The van der Waals surface area contributed by atoms with Gasteiger partial charge in [-0.3, -0.25) is 14.2 Å². The normalized spacial score (nSPS) is 14.4. The second kappa shape index (κ2) is 57.3. The molecule has 0 saturated heterocycles. The van der Waals surface area contributed by atoms with Crippen molar-refractivity contribution in [3.8, 4) is 0 Å². The Morgan fingerprint density at radius 1 is 0.397 bits per heavy atom. The van der Waals surface area contributed by atoms with Crippen LogP contribution >= 0.6 is 7.82 Å². The minimum Gasteiger partial charge on any atom is -0.756 e. The summed E-state index contributed by atoms with van der Waals surface area (Å²) in [5, 5.41) is 0. The first-order valence-electron chi connectivity index (χ1n) is 30.2. The van der Waals surface area contributed by atoms with E-state index in [1.807, 2.05) is 21.1 Å². The van der Waals surface area contributed by atoms with E-state index in [4.69, 9.17) is 18.5 Å². The highest BCUT2D eigenvalue weighted by molar-refractivity contribution is 7.45. The molecule has 0 aromatic carbocycles. The van der Waals surface area contributed by atoms with Crippen LogP contribution in [-0.4, -0.2) is 70.0 Å². The molecule has 9 nitrogen and oxygen atoms in total. The van der Waals surface area contributed by atoms with E-state index < -0.39 is 32.5 Å². The number of ether oxygens (including phenoxy) is 2. The predicted octanol–water partition coefficient (Wildman–Crippen LogP) is 18.6. The fourth-order valence-electron chi connectivity index (χ4n) is 7.46. The third kappa shape index (κ3) is 60.9. The highest BCUT2D eigenvalue weighted by Crippen LogP contribution is 2.38. The largest absolute Gasteiger partial charge is 0.756 e. The quantitative estimate of drug-likeness (QED) is 0.0195. The molecule has 2 unspecified atom stereocenters. The van der Waals surface area contributed by atoms with E-state index in [1.54, 1.807) is 0 Å². The van der Waals surface area contributed by atoms with Crippen LogP contribution in [0.1, 0.15) is 206 Å². The molecule has 10 heteroatoms. The molecule has 0 bridgehead atoms. The highest BCUT2D eigenvalue weighted by Gasteiger charge is 2.21. The highest BCUT2D eigenvalue weighted by atomic mass is 31.2. The first kappa shape index (κ1) is 73.6. The van der Waals surface area contributed by atoms with Gasteiger partial charge in [-0.25, -0.2) is 0 Å². The van der Waals surface area contributed by atoms with E-state index in [9.17, 15) is 19.0 Å². The summed E-state index contributed by atoms with van der Waals surface area (Å²) >= 11 is 0. The lowest BCUT2D eigenvalue weighted by Gasteiger charge is -2.28. The second-order valence-electron chi connectivity index (χ2n) is 20.6. The van der Waals surface area contributed by atoms with Gasteiger partial charge in [0.05, 0.1) is 27.7 Å². The van der Waals surface area contributed by atoms with Crippen molar-refractivity contribution in [1.29, 1.82) is 0 Å². The second-order valence-corrected chi connectivity index (χ2v) is 22.0. The van der Waals surface area contributed by atoms with Gasteiger partial charge < -0.3 is 27.9 Å². The molecule has 0 saturated carbocycles. The molecule has 0 aromatic rings. The van der Waals surface area contributed by atoms with Gasteiger partial charge in [0.1, 0.15) is 19.8 Å². The zero-order valence-electron chi connectivity index (χ0n) is 49.8. The molecule has 0 aromatic heterocycles. The van der Waals surface area contributed by atoms with Gasteiger partial charge in [0.2, 0.25) is 0 Å². The Labute approximate surface area is 477 Å². The van der Waals surface area contributed by atoms with E-state index >= 15 is 0 Å². The van der Waals surface area contributed by atoms with Crippen LogP contribution in [0.3, 0.4) is 0 Å². The Hall–Kier alpha value is -4.37. The Morgan fingerprint density at radius 3 is 1.05 bits per heavy atom. The number of carbonyl (C=O) groups excluding carboxylic acids is 2. The molecule has 440 valence electrons. The van der Waals surface area contributed by atoms with Gasteiger partial charge in [0.15, 0.2) is 6.10 Å². The van der Waals surface area contributed by atoms with Gasteiger partial charge in [-0.1, -0.05) is 230 Å². The predicted molar refractivity (Wildman–Crippen MR) is 332 cm³/mol. The average Bonchev–Trinajstić information content (AvgIpc) is 3.41. The van der Waals surface area contributed by atoms with Crippen molar-refractivity contribution < 1.29 is 42.1 Å². The fourth-order valence-corrected chi connectivity index (χ4v) is 8.19. The van der Waals surface area contributed by atoms with Crippen molar-refractivity contribution in [3.63, 3.8) is 0 Å². The van der Waals surface area contributed by atoms with Crippen LogP contribution in [0.15, 0.2) is 158 Å². The maximum absolute atomic E-state index is 12.8. The molecule has 0 radical (unpaired) electrons. The van der Waals surface area contributed by atoms with E-state index in [0.29, 0.717) is 23.9 Å². The van der Waals surface area contributed by atoms with Crippen LogP contribution < -0.4 is 4.89 Å². The number of nitrogens with zero attached hydrogens (tertiary/aromatic N) is 1. The van der Waals surface area contributed by atoms with Crippen molar-refractivity contribution in [3.05, 3.63) is 158 Å². The third-order valence-electron chi connectivity index (χ3n) is 12.0. The average molecular weight is 1100 g/mol. The minimum atomic E-state index is -4.66. The molecular weight excluding hydrogens is 990 g/mol. The van der Waals surface area contributed by atoms with E-state index in [0.717, 1.165) is 122 Å². The smallest absolute Gasteiger partial charge is 0.306 e. The van der Waals surface area contributed by atoms with Crippen LogP contribution in [0.4, 0.5) is 0 Å². The molecule has 0 N–H and O–H groups in total. The fraction of sp³-hybridized carbons (Fsp3) is 0.588. The number of hydrogen-bond donors (Lipinski definition) is 0. The van der Waals surface area contributed by atoms with Crippen molar-refractivity contribution in [2.24, 2.45) is 0 Å². The van der Waals surface area contributed by atoms with Crippen molar-refractivity contribution >= 4 is 19.8 Å². The molecule has 78 heavy (non-hydrogen) atoms. The first-order chi connectivity index (χ1) is 38.0. The minimum absolute atomic E-state index is 0.0494. The van der Waals surface area contributed by atoms with Crippen LogP contribution in [0, 0.1) is 0 Å². The number of esters is 2. The Balaban J connectivity index is 4.29.